The number of nitrogens with one attached hydrogen (secondary N) is 2. The predicted octanol–water partition coefficient (Wildman–Crippen LogP) is 0.807. The Bertz CT molecular complexity index is 205. The molecule has 6 heteroatoms. The highest BCUT2D eigenvalue weighted by molar-refractivity contribution is 5.78. The molecule has 1 fully saturated rings. The van der Waals surface area contributed by atoms with Gasteiger partial charge in [0, 0.05) is 25.4 Å². The third-order valence-electron chi connectivity index (χ3n) is 2.05. The Kier molecular flexibility index (Phi) is 3.74. The van der Waals surface area contributed by atoms with Crippen molar-refractivity contribution in [3.63, 3.8) is 0 Å². The van der Waals surface area contributed by atoms with Gasteiger partial charge in [0.1, 0.15) is 0 Å². The van der Waals surface area contributed by atoms with E-state index in [1.54, 1.807) is 0 Å². The van der Waals surface area contributed by atoms with Gasteiger partial charge in [-0.3, -0.25) is 4.79 Å². The summed E-state index contributed by atoms with van der Waals surface area (Å²) in [6.07, 6.45) is -4.42. The summed E-state index contributed by atoms with van der Waals surface area (Å²) in [5.41, 5.74) is 0. The van der Waals surface area contributed by atoms with Gasteiger partial charge in [-0.2, -0.15) is 13.2 Å². The van der Waals surface area contributed by atoms with E-state index in [2.05, 4.69) is 10.6 Å². The van der Waals surface area contributed by atoms with E-state index in [0.717, 1.165) is 0 Å². The van der Waals surface area contributed by atoms with E-state index >= 15 is 0 Å². The lowest BCUT2D eigenvalue weighted by atomic mass is 10.2. The molecule has 0 saturated carbocycles. The maximum atomic E-state index is 11.7. The van der Waals surface area contributed by atoms with E-state index in [9.17, 15) is 18.0 Å². The fourth-order valence-electron chi connectivity index (χ4n) is 1.34. The number of carbonyl (C=O) groups is 1. The van der Waals surface area contributed by atoms with E-state index < -0.39 is 12.6 Å². The van der Waals surface area contributed by atoms with Crippen LogP contribution >= 0.6 is 0 Å². The number of halogens is 3. The van der Waals surface area contributed by atoms with Crippen molar-refractivity contribution in [1.29, 1.82) is 0 Å². The molecule has 0 aliphatic carbocycles. The van der Waals surface area contributed by atoms with Crippen molar-refractivity contribution in [1.82, 2.24) is 10.6 Å². The lowest BCUT2D eigenvalue weighted by Gasteiger charge is -2.10. The van der Waals surface area contributed by atoms with Crippen LogP contribution in [0.15, 0.2) is 0 Å². The van der Waals surface area contributed by atoms with Crippen LogP contribution in [0.1, 0.15) is 19.3 Å². The molecule has 1 rings (SSSR count). The van der Waals surface area contributed by atoms with Crippen LogP contribution in [0.4, 0.5) is 13.2 Å². The quantitative estimate of drug-likeness (QED) is 0.674. The van der Waals surface area contributed by atoms with E-state index in [0.29, 0.717) is 19.5 Å². The van der Waals surface area contributed by atoms with E-state index in [4.69, 9.17) is 0 Å². The summed E-state index contributed by atoms with van der Waals surface area (Å²) in [5, 5.41) is 5.50. The first kappa shape index (κ1) is 11.3. The Balaban J connectivity index is 2.02. The number of carbonyl (C=O) groups excluding carboxylic acids is 1. The topological polar surface area (TPSA) is 41.1 Å². The molecular formula is C8H13F3N2O. The number of alkyl halides is 3. The zero-order chi connectivity index (χ0) is 10.6. The summed E-state index contributed by atoms with van der Waals surface area (Å²) < 4.78 is 35.2. The van der Waals surface area contributed by atoms with Gasteiger partial charge in [0.2, 0.25) is 5.91 Å². The number of amides is 1. The minimum Gasteiger partial charge on any atom is -0.354 e. The molecule has 0 bridgehead atoms. The fourth-order valence-corrected chi connectivity index (χ4v) is 1.34. The highest BCUT2D eigenvalue weighted by Gasteiger charge is 2.26. The van der Waals surface area contributed by atoms with Gasteiger partial charge < -0.3 is 10.6 Å². The average molecular weight is 210 g/mol. The molecular weight excluding hydrogens is 197 g/mol. The molecule has 0 aromatic heterocycles. The zero-order valence-corrected chi connectivity index (χ0v) is 7.66. The van der Waals surface area contributed by atoms with Gasteiger partial charge in [0.25, 0.3) is 0 Å². The molecule has 0 spiro atoms. The third-order valence-corrected chi connectivity index (χ3v) is 2.05. The van der Waals surface area contributed by atoms with Crippen LogP contribution in [0.25, 0.3) is 0 Å². The van der Waals surface area contributed by atoms with Crippen LogP contribution in [0, 0.1) is 0 Å². The molecule has 3 nitrogen and oxygen atoms in total. The van der Waals surface area contributed by atoms with Crippen LogP contribution < -0.4 is 10.6 Å². The van der Waals surface area contributed by atoms with Crippen molar-refractivity contribution in [2.45, 2.75) is 31.5 Å². The largest absolute Gasteiger partial charge is 0.389 e. The van der Waals surface area contributed by atoms with Crippen molar-refractivity contribution in [3.05, 3.63) is 0 Å². The molecule has 82 valence electrons. The first-order chi connectivity index (χ1) is 6.47. The molecule has 1 unspecified atom stereocenters. The molecule has 1 amide bonds. The van der Waals surface area contributed by atoms with Crippen molar-refractivity contribution in [3.8, 4) is 0 Å². The lowest BCUT2D eigenvalue weighted by Crippen LogP contribution is -2.32. The van der Waals surface area contributed by atoms with E-state index in [-0.39, 0.29) is 18.4 Å². The minimum absolute atomic E-state index is 0.00395. The zero-order valence-electron chi connectivity index (χ0n) is 7.66. The second-order valence-corrected chi connectivity index (χ2v) is 3.38. The van der Waals surface area contributed by atoms with Gasteiger partial charge in [0.05, 0.1) is 0 Å². The van der Waals surface area contributed by atoms with Crippen molar-refractivity contribution in [2.75, 3.05) is 13.1 Å². The van der Waals surface area contributed by atoms with Crippen LogP contribution in [-0.4, -0.2) is 31.2 Å². The summed E-state index contributed by atoms with van der Waals surface area (Å²) in [6, 6.07) is -0.00395. The third kappa shape index (κ3) is 4.45. The van der Waals surface area contributed by atoms with Crippen LogP contribution in [-0.2, 0) is 4.79 Å². The fraction of sp³-hybridized carbons (Fsp3) is 0.875. The molecule has 1 saturated heterocycles. The Morgan fingerprint density at radius 2 is 2.21 bits per heavy atom. The highest BCUT2D eigenvalue weighted by atomic mass is 19.4. The molecule has 0 aromatic carbocycles. The first-order valence-corrected chi connectivity index (χ1v) is 4.54. The number of hydrogen-bond acceptors (Lipinski definition) is 2. The van der Waals surface area contributed by atoms with Gasteiger partial charge in [-0.1, -0.05) is 0 Å². The molecule has 1 aliphatic rings. The first-order valence-electron chi connectivity index (χ1n) is 4.54. The van der Waals surface area contributed by atoms with Crippen LogP contribution in [0.2, 0.25) is 0 Å². The van der Waals surface area contributed by atoms with Crippen LogP contribution in [0.5, 0.6) is 0 Å². The monoisotopic (exact) mass is 210 g/mol. The van der Waals surface area contributed by atoms with E-state index in [1.807, 2.05) is 0 Å². The van der Waals surface area contributed by atoms with Gasteiger partial charge in [-0.05, 0) is 13.0 Å². The number of rotatable bonds is 4. The Labute approximate surface area is 80.0 Å². The SMILES string of the molecule is O=C1CC(NCCCC(F)(F)F)CN1. The second-order valence-electron chi connectivity index (χ2n) is 3.38. The normalized spacial score (nSPS) is 22.5. The predicted molar refractivity (Wildman–Crippen MR) is 44.7 cm³/mol. The smallest absolute Gasteiger partial charge is 0.354 e. The Hall–Kier alpha value is -0.780. The molecule has 2 N–H and O–H groups in total. The summed E-state index contributed by atoms with van der Waals surface area (Å²) in [7, 11) is 0. The summed E-state index contributed by atoms with van der Waals surface area (Å²) in [4.78, 5) is 10.7. The molecule has 0 aromatic rings. The maximum Gasteiger partial charge on any atom is 0.389 e. The second kappa shape index (κ2) is 4.63. The summed E-state index contributed by atoms with van der Waals surface area (Å²) >= 11 is 0. The summed E-state index contributed by atoms with van der Waals surface area (Å²) in [5.74, 6) is -0.0432. The van der Waals surface area contributed by atoms with Gasteiger partial charge in [-0.25, -0.2) is 0 Å². The highest BCUT2D eigenvalue weighted by Crippen LogP contribution is 2.20. The van der Waals surface area contributed by atoms with Gasteiger partial charge >= 0.3 is 6.18 Å². The van der Waals surface area contributed by atoms with E-state index in [1.165, 1.54) is 0 Å². The maximum absolute atomic E-state index is 11.7. The summed E-state index contributed by atoms with van der Waals surface area (Å²) in [6.45, 7) is 0.823. The molecule has 14 heavy (non-hydrogen) atoms. The molecule has 1 atom stereocenters. The van der Waals surface area contributed by atoms with Crippen LogP contribution in [0.3, 0.4) is 0 Å². The minimum atomic E-state index is -4.08. The van der Waals surface area contributed by atoms with Crippen molar-refractivity contribution < 1.29 is 18.0 Å². The Morgan fingerprint density at radius 3 is 2.71 bits per heavy atom. The number of hydrogen-bond donors (Lipinski definition) is 2. The van der Waals surface area contributed by atoms with Gasteiger partial charge in [-0.15, -0.1) is 0 Å². The lowest BCUT2D eigenvalue weighted by molar-refractivity contribution is -0.135. The molecule has 1 aliphatic heterocycles. The Morgan fingerprint density at radius 1 is 1.50 bits per heavy atom. The van der Waals surface area contributed by atoms with Crippen molar-refractivity contribution in [2.24, 2.45) is 0 Å². The standard InChI is InChI=1S/C8H13F3N2O/c9-8(10,11)2-1-3-12-6-4-7(14)13-5-6/h6,12H,1-5H2,(H,13,14). The average Bonchev–Trinajstić information content (AvgIpc) is 2.44. The molecule has 1 heterocycles. The van der Waals surface area contributed by atoms with Gasteiger partial charge in [0.15, 0.2) is 0 Å². The van der Waals surface area contributed by atoms with Crippen molar-refractivity contribution >= 4 is 5.91 Å². The molecule has 0 radical (unpaired) electrons.